The molecule has 1 heterocycles. The molecular formula is C13H20N2O2. The third kappa shape index (κ3) is 3.20. The second-order valence-electron chi connectivity index (χ2n) is 3.83. The second kappa shape index (κ2) is 6.25. The van der Waals surface area contributed by atoms with Crippen molar-refractivity contribution in [3.05, 3.63) is 24.0 Å². The standard InChI is InChI=1S/C11H14N2O2.C2H6/c1-13(2)7-6-10-11-8(12-15-10)4-3-5-9(11)14;1-2/h3-5,14H,6-7H2,1-2H3;1-2H3. The Morgan fingerprint density at radius 1 is 1.29 bits per heavy atom. The number of hydrogen-bond acceptors (Lipinski definition) is 4. The van der Waals surface area contributed by atoms with Crippen molar-refractivity contribution >= 4 is 10.9 Å². The Kier molecular flexibility index (Phi) is 4.97. The highest BCUT2D eigenvalue weighted by atomic mass is 16.5. The summed E-state index contributed by atoms with van der Waals surface area (Å²) >= 11 is 0. The molecular weight excluding hydrogens is 216 g/mol. The first kappa shape index (κ1) is 13.5. The molecule has 0 bridgehead atoms. The largest absolute Gasteiger partial charge is 0.507 e. The maximum absolute atomic E-state index is 9.69. The molecule has 2 rings (SSSR count). The van der Waals surface area contributed by atoms with Crippen molar-refractivity contribution in [2.45, 2.75) is 20.3 Å². The molecule has 1 N–H and O–H groups in total. The number of benzene rings is 1. The van der Waals surface area contributed by atoms with Crippen LogP contribution in [0.5, 0.6) is 5.75 Å². The number of hydrogen-bond donors (Lipinski definition) is 1. The zero-order valence-corrected chi connectivity index (χ0v) is 10.9. The number of aromatic hydroxyl groups is 1. The number of rotatable bonds is 3. The van der Waals surface area contributed by atoms with Crippen LogP contribution in [0.15, 0.2) is 22.7 Å². The van der Waals surface area contributed by atoms with Crippen LogP contribution < -0.4 is 0 Å². The zero-order valence-electron chi connectivity index (χ0n) is 10.9. The average molecular weight is 236 g/mol. The Hall–Kier alpha value is -1.55. The van der Waals surface area contributed by atoms with Gasteiger partial charge in [0.15, 0.2) is 0 Å². The van der Waals surface area contributed by atoms with Gasteiger partial charge in [-0.1, -0.05) is 25.1 Å². The van der Waals surface area contributed by atoms with Crippen LogP contribution >= 0.6 is 0 Å². The predicted octanol–water partition coefficient (Wildman–Crippen LogP) is 2.66. The van der Waals surface area contributed by atoms with E-state index in [-0.39, 0.29) is 5.75 Å². The highest BCUT2D eigenvalue weighted by Gasteiger charge is 2.11. The van der Waals surface area contributed by atoms with Crippen molar-refractivity contribution in [3.63, 3.8) is 0 Å². The van der Waals surface area contributed by atoms with Gasteiger partial charge in [-0.3, -0.25) is 0 Å². The van der Waals surface area contributed by atoms with E-state index in [0.717, 1.165) is 24.1 Å². The van der Waals surface area contributed by atoms with E-state index in [2.05, 4.69) is 10.1 Å². The minimum absolute atomic E-state index is 0.238. The van der Waals surface area contributed by atoms with Gasteiger partial charge in [0.2, 0.25) is 0 Å². The van der Waals surface area contributed by atoms with Crippen molar-refractivity contribution in [1.29, 1.82) is 0 Å². The van der Waals surface area contributed by atoms with Crippen molar-refractivity contribution in [2.24, 2.45) is 0 Å². The van der Waals surface area contributed by atoms with Crippen LogP contribution in [0.25, 0.3) is 10.9 Å². The fourth-order valence-electron chi connectivity index (χ4n) is 1.54. The number of aromatic nitrogens is 1. The molecule has 0 aliphatic carbocycles. The first-order valence-corrected chi connectivity index (χ1v) is 5.89. The van der Waals surface area contributed by atoms with Crippen molar-refractivity contribution in [3.8, 4) is 5.75 Å². The quantitative estimate of drug-likeness (QED) is 0.890. The Morgan fingerprint density at radius 2 is 2.00 bits per heavy atom. The second-order valence-corrected chi connectivity index (χ2v) is 3.83. The number of phenols is 1. The van der Waals surface area contributed by atoms with Crippen LogP contribution in [-0.2, 0) is 6.42 Å². The Bertz CT molecular complexity index is 463. The third-order valence-electron chi connectivity index (χ3n) is 2.34. The lowest BCUT2D eigenvalue weighted by Crippen LogP contribution is -2.14. The van der Waals surface area contributed by atoms with Crippen molar-refractivity contribution < 1.29 is 9.63 Å². The zero-order chi connectivity index (χ0) is 12.8. The maximum atomic E-state index is 9.69. The smallest absolute Gasteiger partial charge is 0.149 e. The molecule has 0 spiro atoms. The van der Waals surface area contributed by atoms with Gasteiger partial charge in [0, 0.05) is 13.0 Å². The van der Waals surface area contributed by atoms with E-state index in [1.807, 2.05) is 34.0 Å². The molecule has 0 saturated carbocycles. The van der Waals surface area contributed by atoms with Crippen LogP contribution in [0, 0.1) is 0 Å². The van der Waals surface area contributed by atoms with Gasteiger partial charge in [0.25, 0.3) is 0 Å². The number of phenolic OH excluding ortho intramolecular Hbond substituents is 1. The number of likely N-dealkylation sites (N-methyl/N-ethyl adjacent to an activating group) is 1. The van der Waals surface area contributed by atoms with Gasteiger partial charge in [0.1, 0.15) is 17.0 Å². The van der Waals surface area contributed by atoms with Crippen LogP contribution in [0.3, 0.4) is 0 Å². The lowest BCUT2D eigenvalue weighted by molar-refractivity contribution is 0.353. The van der Waals surface area contributed by atoms with E-state index < -0.39 is 0 Å². The third-order valence-corrected chi connectivity index (χ3v) is 2.34. The van der Waals surface area contributed by atoms with E-state index in [0.29, 0.717) is 5.52 Å². The van der Waals surface area contributed by atoms with E-state index in [1.54, 1.807) is 12.1 Å². The molecule has 4 heteroatoms. The summed E-state index contributed by atoms with van der Waals surface area (Å²) in [5, 5.41) is 14.3. The molecule has 0 unspecified atom stereocenters. The van der Waals surface area contributed by atoms with Gasteiger partial charge in [-0.15, -0.1) is 0 Å². The monoisotopic (exact) mass is 236 g/mol. The fraction of sp³-hybridized carbons (Fsp3) is 0.462. The first-order chi connectivity index (χ1) is 8.18. The molecule has 0 fully saturated rings. The molecule has 17 heavy (non-hydrogen) atoms. The highest BCUT2D eigenvalue weighted by Crippen LogP contribution is 2.27. The molecule has 2 aromatic rings. The van der Waals surface area contributed by atoms with Gasteiger partial charge in [-0.25, -0.2) is 0 Å². The van der Waals surface area contributed by atoms with Gasteiger partial charge < -0.3 is 14.5 Å². The molecule has 94 valence electrons. The minimum atomic E-state index is 0.238. The highest BCUT2D eigenvalue weighted by molar-refractivity contribution is 5.86. The molecule has 0 aliphatic rings. The van der Waals surface area contributed by atoms with E-state index in [1.165, 1.54) is 0 Å². The molecule has 1 aromatic carbocycles. The molecule has 0 radical (unpaired) electrons. The van der Waals surface area contributed by atoms with Gasteiger partial charge >= 0.3 is 0 Å². The summed E-state index contributed by atoms with van der Waals surface area (Å²) < 4.78 is 5.21. The summed E-state index contributed by atoms with van der Waals surface area (Å²) in [4.78, 5) is 2.06. The number of nitrogens with zero attached hydrogens (tertiary/aromatic N) is 2. The maximum Gasteiger partial charge on any atom is 0.149 e. The van der Waals surface area contributed by atoms with Crippen LogP contribution in [-0.4, -0.2) is 35.8 Å². The summed E-state index contributed by atoms with van der Waals surface area (Å²) in [6.45, 7) is 4.87. The summed E-state index contributed by atoms with van der Waals surface area (Å²) in [5.41, 5.74) is 0.712. The number of fused-ring (bicyclic) bond motifs is 1. The topological polar surface area (TPSA) is 49.5 Å². The van der Waals surface area contributed by atoms with Crippen LogP contribution in [0.2, 0.25) is 0 Å². The summed E-state index contributed by atoms with van der Waals surface area (Å²) in [5.74, 6) is 0.985. The summed E-state index contributed by atoms with van der Waals surface area (Å²) in [6.07, 6.45) is 0.751. The molecule has 0 aliphatic heterocycles. The predicted molar refractivity (Wildman–Crippen MR) is 69.3 cm³/mol. The van der Waals surface area contributed by atoms with Crippen molar-refractivity contribution in [2.75, 3.05) is 20.6 Å². The minimum Gasteiger partial charge on any atom is -0.507 e. The van der Waals surface area contributed by atoms with E-state index in [9.17, 15) is 5.11 Å². The van der Waals surface area contributed by atoms with E-state index in [4.69, 9.17) is 4.52 Å². The molecule has 0 saturated heterocycles. The lowest BCUT2D eigenvalue weighted by Gasteiger charge is -2.06. The lowest BCUT2D eigenvalue weighted by atomic mass is 10.1. The summed E-state index contributed by atoms with van der Waals surface area (Å²) in [7, 11) is 4.00. The fourth-order valence-corrected chi connectivity index (χ4v) is 1.54. The SMILES string of the molecule is CC.CN(C)CCc1onc2cccc(O)c12. The first-order valence-electron chi connectivity index (χ1n) is 5.89. The Labute approximate surface area is 102 Å². The Morgan fingerprint density at radius 3 is 2.65 bits per heavy atom. The Balaban J connectivity index is 0.000000686. The molecule has 1 aromatic heterocycles. The van der Waals surface area contributed by atoms with Crippen LogP contribution in [0.4, 0.5) is 0 Å². The van der Waals surface area contributed by atoms with Gasteiger partial charge in [-0.05, 0) is 26.2 Å². The van der Waals surface area contributed by atoms with Gasteiger partial charge in [-0.2, -0.15) is 0 Å². The average Bonchev–Trinajstić information content (AvgIpc) is 2.74. The molecule has 0 amide bonds. The molecule has 0 atom stereocenters. The van der Waals surface area contributed by atoms with Crippen molar-refractivity contribution in [1.82, 2.24) is 10.1 Å². The van der Waals surface area contributed by atoms with Gasteiger partial charge in [0.05, 0.1) is 5.39 Å². The van der Waals surface area contributed by atoms with E-state index >= 15 is 0 Å². The van der Waals surface area contributed by atoms with Crippen LogP contribution in [0.1, 0.15) is 19.6 Å². The molecule has 4 nitrogen and oxygen atoms in total. The summed E-state index contributed by atoms with van der Waals surface area (Å²) in [6, 6.07) is 5.24. The normalized spacial score (nSPS) is 10.4.